The molecule has 0 aliphatic carbocycles. The van der Waals surface area contributed by atoms with E-state index in [-0.39, 0.29) is 107 Å². The predicted octanol–water partition coefficient (Wildman–Crippen LogP) is 26.6. The minimum absolute atomic E-state index is 0.0139. The second-order valence-corrected chi connectivity index (χ2v) is 39.3. The number of amides is 1. The van der Waals surface area contributed by atoms with Gasteiger partial charge in [0.15, 0.2) is 0 Å². The fraction of sp³-hybridized carbons (Fsp3) is 0.526. The Morgan fingerprint density at radius 1 is 0.319 bits per heavy atom. The molecule has 0 bridgehead atoms. The lowest BCUT2D eigenvalue weighted by Crippen LogP contribution is -2.39. The number of benzene rings is 7. The summed E-state index contributed by atoms with van der Waals surface area (Å²) in [5, 5.41) is 17.9. The van der Waals surface area contributed by atoms with Gasteiger partial charge in [-0.25, -0.2) is 0 Å². The zero-order chi connectivity index (χ0) is 107. The Morgan fingerprint density at radius 2 is 0.653 bits per heavy atom. The van der Waals surface area contributed by atoms with Crippen molar-refractivity contribution in [3.05, 3.63) is 206 Å². The van der Waals surface area contributed by atoms with Crippen molar-refractivity contribution in [2.45, 2.75) is 274 Å². The number of halogens is 26. The van der Waals surface area contributed by atoms with Crippen molar-refractivity contribution in [2.75, 3.05) is 65.1 Å². The molecule has 144 heavy (non-hydrogen) atoms. The predicted molar refractivity (Wildman–Crippen MR) is 500 cm³/mol. The summed E-state index contributed by atoms with van der Waals surface area (Å²) in [6.45, 7) is 39.2. The van der Waals surface area contributed by atoms with E-state index in [1.807, 2.05) is 113 Å². The maximum atomic E-state index is 13.2. The number of anilines is 1. The van der Waals surface area contributed by atoms with Crippen LogP contribution < -0.4 is 38.1 Å². The normalized spacial score (nSPS) is 17.1. The van der Waals surface area contributed by atoms with E-state index in [1.165, 1.54) is 21.1 Å². The van der Waals surface area contributed by atoms with E-state index in [1.54, 1.807) is 30.9 Å². The molecule has 0 atom stereocenters. The molecule has 7 aromatic carbocycles. The molecule has 0 spiro atoms. The Hall–Kier alpha value is -9.10. The molecule has 10 heterocycles. The third-order valence-corrected chi connectivity index (χ3v) is 25.6. The summed E-state index contributed by atoms with van der Waals surface area (Å²) in [6, 6.07) is 22.5. The summed E-state index contributed by atoms with van der Waals surface area (Å²) in [5.41, 5.74) is -1.59. The molecule has 1 saturated heterocycles. The highest BCUT2D eigenvalue weighted by atomic mass is 35.5. The van der Waals surface area contributed by atoms with Crippen LogP contribution in [-0.2, 0) is 107 Å². The molecule has 1 aromatic heterocycles. The Labute approximate surface area is 845 Å². The van der Waals surface area contributed by atoms with Gasteiger partial charge in [-0.15, -0.1) is 10.2 Å². The van der Waals surface area contributed by atoms with Gasteiger partial charge in [0.05, 0.1) is 61.2 Å². The van der Waals surface area contributed by atoms with E-state index in [9.17, 15) is 97.0 Å². The fourth-order valence-electron chi connectivity index (χ4n) is 15.8. The van der Waals surface area contributed by atoms with Crippen LogP contribution in [0.15, 0.2) is 91.0 Å². The summed E-state index contributed by atoms with van der Waals surface area (Å²) < 4.78 is 309. The van der Waals surface area contributed by atoms with Crippen molar-refractivity contribution in [3.8, 4) is 46.3 Å². The van der Waals surface area contributed by atoms with Gasteiger partial charge in [0.1, 0.15) is 99.3 Å². The van der Waals surface area contributed by atoms with Crippen LogP contribution in [0.5, 0.6) is 40.2 Å². The number of ether oxygens (including phenoxy) is 7. The molecular weight excluding hydrogens is 2050 g/mol. The number of nitriles is 1. The monoisotopic (exact) mass is 2160 g/mol. The zero-order valence-electron chi connectivity index (χ0n) is 81.3. The third-order valence-electron chi connectivity index (χ3n) is 24.4. The Morgan fingerprint density at radius 3 is 1.06 bits per heavy atom. The summed E-state index contributed by atoms with van der Waals surface area (Å²) in [6.07, 6.45) is -30.9. The average Bonchev–Trinajstić information content (AvgIpc) is 1.32. The molecular formula is C97H111Cl5F21N13O8. The molecule has 0 unspecified atom stereocenters. The lowest BCUT2D eigenvalue weighted by atomic mass is 10.0. The summed E-state index contributed by atoms with van der Waals surface area (Å²) in [4.78, 5) is 29.3. The van der Waals surface area contributed by atoms with Gasteiger partial charge in [0.2, 0.25) is 11.7 Å². The molecule has 9 aliphatic rings. The van der Waals surface area contributed by atoms with Gasteiger partial charge in [0.25, 0.3) is 0 Å². The molecule has 0 N–H and O–H groups in total. The third kappa shape index (κ3) is 30.6. The summed E-state index contributed by atoms with van der Waals surface area (Å²) in [5.74, 6) is 1.54. The van der Waals surface area contributed by atoms with Crippen LogP contribution in [0.25, 0.3) is 0 Å². The maximum absolute atomic E-state index is 13.2. The van der Waals surface area contributed by atoms with Crippen LogP contribution in [0.4, 0.5) is 97.9 Å². The second kappa shape index (κ2) is 48.0. The molecule has 794 valence electrons. The largest absolute Gasteiger partial charge is 0.478 e. The summed E-state index contributed by atoms with van der Waals surface area (Å²) >= 11 is 29.5. The topological polar surface area (TPSA) is 165 Å². The van der Waals surface area contributed by atoms with Crippen LogP contribution in [-0.4, -0.2) is 168 Å². The standard InChI is InChI=1S/C16H19F3N2O2.C13H13F6NO.C13H13F3N2O.2C12H13ClF3NO.C11H13Cl2NO.C11H14ClNO.C9H13F3N4/c1-10(2)20-8-11-6-12(16(17,18)19)7-13(15(11)23-9-20)21-5-3-4-14(21)22;1-7(2)20-5-8-3-9(12(14,15)16)4-10(13(17,18)19)11(8)21-6-20;1-8(2)18-6-10-4-11(13(14,15)16)3-9(5-17)12(10)19-7-18;1-7(2)17-5-8-3-9(13)4-10(12(14,15)16)11(8)18-6-17;1-7(2)17-5-8-3-9(12(14,15)16)4-10(13)11(8)18-6-17;1-7(2)14-5-8-3-9(12)4-10(13)11(8)15-6-14;1-8(2)13-6-9-5-10(12)3-4-11(9)14-7-13;1-6(2)15-3-4-16-7(5-15)13-14-8(16)9(10,11)12/h6-7,10H,3-5,8-9H2,1-2H3;3-4,7H,5-6H2,1-2H3;3-4,8H,6-7H2,1-2H3;2*3-4,7H,5-6H2,1-2H3;3-4,7H,5-6H2,1-2H3;3-5,8H,6-7H2,1-2H3;6H,3-5H2,1-2H3. The molecule has 1 amide bonds. The number of rotatable bonds is 9. The number of alkyl halides is 21. The summed E-state index contributed by atoms with van der Waals surface area (Å²) in [7, 11) is 0. The highest BCUT2D eigenvalue weighted by molar-refractivity contribution is 6.36. The van der Waals surface area contributed by atoms with E-state index >= 15 is 0 Å². The second-order valence-electron chi connectivity index (χ2n) is 37.2. The van der Waals surface area contributed by atoms with Crippen molar-refractivity contribution >= 4 is 69.6 Å². The Kier molecular flexibility index (Phi) is 39.0. The van der Waals surface area contributed by atoms with Crippen LogP contribution in [0, 0.1) is 11.3 Å². The Bertz CT molecular complexity index is 5780. The van der Waals surface area contributed by atoms with E-state index in [4.69, 9.17) is 96.4 Å². The Balaban J connectivity index is 0.000000170. The molecule has 1 fully saturated rings. The molecule has 0 saturated carbocycles. The van der Waals surface area contributed by atoms with Crippen LogP contribution in [0.3, 0.4) is 0 Å². The first-order chi connectivity index (χ1) is 66.8. The lowest BCUT2D eigenvalue weighted by Gasteiger charge is -2.34. The first-order valence-corrected chi connectivity index (χ1v) is 47.6. The minimum Gasteiger partial charge on any atom is -0.478 e. The average molecular weight is 2160 g/mol. The van der Waals surface area contributed by atoms with Crippen LogP contribution >= 0.6 is 58.0 Å². The van der Waals surface area contributed by atoms with Crippen molar-refractivity contribution < 1.29 is 130 Å². The number of hydrogen-bond donors (Lipinski definition) is 0. The molecule has 17 rings (SSSR count). The van der Waals surface area contributed by atoms with Crippen molar-refractivity contribution in [2.24, 2.45) is 0 Å². The van der Waals surface area contributed by atoms with E-state index < -0.39 is 88.2 Å². The lowest BCUT2D eigenvalue weighted by molar-refractivity contribution is -0.148. The molecule has 9 aliphatic heterocycles. The van der Waals surface area contributed by atoms with Gasteiger partial charge >= 0.3 is 43.2 Å². The highest BCUT2D eigenvalue weighted by Gasteiger charge is 2.46. The fourth-order valence-corrected chi connectivity index (χ4v) is 17.1. The number of carbonyl (C=O) groups is 1. The first-order valence-electron chi connectivity index (χ1n) is 45.7. The minimum atomic E-state index is -4.90. The molecule has 47 heteroatoms. The van der Waals surface area contributed by atoms with Gasteiger partial charge in [-0.2, -0.15) is 97.5 Å². The number of carbonyl (C=O) groups excluding carboxylic acids is 1. The van der Waals surface area contributed by atoms with Gasteiger partial charge < -0.3 is 42.6 Å². The SMILES string of the molecule is CC(C)N1CCn2c(nnc2C(F)(F)F)C1.CC(C)N1COc2c(C#N)cc(C(F)(F)F)cc2C1.CC(C)N1COc2c(Cl)cc(C(F)(F)F)cc2C1.CC(C)N1COc2c(Cl)cc(Cl)cc2C1.CC(C)N1COc2c(cc(C(F)(F)F)cc2C(F)(F)F)C1.CC(C)N1COc2c(cc(C(F)(F)F)cc2N2CCCC2=O)C1.CC(C)N1COc2c(cc(Cl)cc2C(F)(F)F)C1.CC(C)N1COc2ccc(Cl)cc2C1. The molecule has 21 nitrogen and oxygen atoms in total. The number of fused-ring (bicyclic) bond motifs is 8. The highest BCUT2D eigenvalue weighted by Crippen LogP contribution is 2.50. The number of nitrogens with zero attached hydrogens (tertiary/aromatic N) is 13. The van der Waals surface area contributed by atoms with Gasteiger partial charge in [-0.3, -0.25) is 44.0 Å². The molecule has 0 radical (unpaired) electrons. The van der Waals surface area contributed by atoms with Crippen LogP contribution in [0.1, 0.15) is 213 Å². The molecule has 8 aromatic rings. The number of aromatic nitrogens is 3. The van der Waals surface area contributed by atoms with Crippen molar-refractivity contribution in [1.82, 2.24) is 54.0 Å². The van der Waals surface area contributed by atoms with Crippen LogP contribution in [0.2, 0.25) is 25.1 Å². The number of hydrogen-bond acceptors (Lipinski definition) is 19. The van der Waals surface area contributed by atoms with Gasteiger partial charge in [0, 0.05) is 174 Å². The van der Waals surface area contributed by atoms with Gasteiger partial charge in [-0.1, -0.05) is 58.0 Å². The smallest absolute Gasteiger partial charge is 0.451 e. The van der Waals surface area contributed by atoms with E-state index in [0.717, 1.165) is 83.7 Å². The van der Waals surface area contributed by atoms with Gasteiger partial charge in [-0.05, 0) is 208 Å². The van der Waals surface area contributed by atoms with Crippen molar-refractivity contribution in [1.29, 1.82) is 5.26 Å². The van der Waals surface area contributed by atoms with E-state index in [2.05, 4.69) is 52.6 Å². The quantitative estimate of drug-likeness (QED) is 0.125. The van der Waals surface area contributed by atoms with Crippen molar-refractivity contribution in [3.63, 3.8) is 0 Å². The van der Waals surface area contributed by atoms with E-state index in [0.29, 0.717) is 160 Å². The first kappa shape index (κ1) is 117. The maximum Gasteiger partial charge on any atom is 0.451 e. The zero-order valence-corrected chi connectivity index (χ0v) is 85.1.